The van der Waals surface area contributed by atoms with Gasteiger partial charge in [-0.25, -0.2) is 0 Å². The van der Waals surface area contributed by atoms with Crippen LogP contribution in [-0.2, 0) is 14.3 Å². The number of hydrogen-bond donors (Lipinski definition) is 3. The van der Waals surface area contributed by atoms with Gasteiger partial charge in [-0.2, -0.15) is 0 Å². The summed E-state index contributed by atoms with van der Waals surface area (Å²) in [6.45, 7) is 4.98. The molecule has 6 heteroatoms. The lowest BCUT2D eigenvalue weighted by Gasteiger charge is -2.22. The van der Waals surface area contributed by atoms with Crippen LogP contribution in [0, 0.1) is 0 Å². The highest BCUT2D eigenvalue weighted by Gasteiger charge is 2.20. The van der Waals surface area contributed by atoms with Gasteiger partial charge >= 0.3 is 5.97 Å². The van der Waals surface area contributed by atoms with Crippen molar-refractivity contribution in [1.29, 1.82) is 0 Å². The van der Waals surface area contributed by atoms with Crippen molar-refractivity contribution in [1.82, 2.24) is 5.32 Å². The van der Waals surface area contributed by atoms with Crippen LogP contribution in [0.15, 0.2) is 12.2 Å². The molecule has 0 aromatic rings. The van der Waals surface area contributed by atoms with E-state index >= 15 is 0 Å². The standard InChI is InChI=1S/C65H127NO5/c1-3-5-7-9-11-13-15-17-18-27-30-34-37-41-45-49-53-57-63(68)62(61-67)66-64(69)58-54-50-46-42-38-35-31-28-25-23-21-19-20-22-24-26-29-32-36-40-44-48-52-56-60-71-65(70)59-55-51-47-43-39-33-16-14-12-10-8-6-4-2/h21,23,62-63,67-68H,3-20,22,24-61H2,1-2H3,(H,66,69)/b23-21-. The van der Waals surface area contributed by atoms with Gasteiger partial charge in [0.25, 0.3) is 0 Å². The molecule has 3 N–H and O–H groups in total. The van der Waals surface area contributed by atoms with E-state index in [1.54, 1.807) is 0 Å². The number of allylic oxidation sites excluding steroid dienone is 2. The minimum atomic E-state index is -0.666. The van der Waals surface area contributed by atoms with Gasteiger partial charge in [-0.3, -0.25) is 9.59 Å². The largest absolute Gasteiger partial charge is 0.466 e. The van der Waals surface area contributed by atoms with E-state index in [1.165, 1.54) is 295 Å². The monoisotopic (exact) mass is 1000 g/mol. The summed E-state index contributed by atoms with van der Waals surface area (Å²) in [7, 11) is 0. The number of carbonyl (C=O) groups excluding carboxylic acids is 2. The molecule has 6 nitrogen and oxygen atoms in total. The van der Waals surface area contributed by atoms with Gasteiger partial charge in [-0.15, -0.1) is 0 Å². The van der Waals surface area contributed by atoms with Gasteiger partial charge in [0.1, 0.15) is 0 Å². The quantitative estimate of drug-likeness (QED) is 0.0320. The van der Waals surface area contributed by atoms with Crippen LogP contribution in [0.25, 0.3) is 0 Å². The topological polar surface area (TPSA) is 95.9 Å². The SMILES string of the molecule is CCCCCCCCCCCCCCCCCCCC(O)C(CO)NC(=O)CCCCCCCCCC/C=C\CCCCCCCCCCCCCCOC(=O)CCCCCCCCCCCCCCC. The third-order valence-electron chi connectivity index (χ3n) is 15.3. The predicted molar refractivity (Wildman–Crippen MR) is 310 cm³/mol. The molecular formula is C65H127NO5. The molecule has 0 aliphatic carbocycles. The molecule has 0 spiro atoms. The Balaban J connectivity index is 3.39. The summed E-state index contributed by atoms with van der Waals surface area (Å²) in [6, 6.07) is -0.544. The molecule has 1 amide bonds. The van der Waals surface area contributed by atoms with Crippen LogP contribution in [0.5, 0.6) is 0 Å². The molecule has 0 aromatic heterocycles. The van der Waals surface area contributed by atoms with Crippen molar-refractivity contribution in [3.8, 4) is 0 Å². The third kappa shape index (κ3) is 57.7. The van der Waals surface area contributed by atoms with Crippen molar-refractivity contribution < 1.29 is 24.5 Å². The lowest BCUT2D eigenvalue weighted by molar-refractivity contribution is -0.143. The average Bonchev–Trinajstić information content (AvgIpc) is 3.37. The Morgan fingerprint density at radius 3 is 1.00 bits per heavy atom. The van der Waals surface area contributed by atoms with Crippen LogP contribution in [0.1, 0.15) is 367 Å². The summed E-state index contributed by atoms with van der Waals surface area (Å²) < 4.78 is 5.48. The Morgan fingerprint density at radius 2 is 0.662 bits per heavy atom. The molecule has 71 heavy (non-hydrogen) atoms. The average molecular weight is 1000 g/mol. The number of aliphatic hydroxyl groups excluding tert-OH is 2. The fourth-order valence-corrected chi connectivity index (χ4v) is 10.3. The van der Waals surface area contributed by atoms with Crippen molar-refractivity contribution >= 4 is 11.9 Å². The highest BCUT2D eigenvalue weighted by atomic mass is 16.5. The van der Waals surface area contributed by atoms with Crippen molar-refractivity contribution in [2.75, 3.05) is 13.2 Å². The molecule has 0 aliphatic rings. The molecule has 0 aromatic carbocycles. The predicted octanol–water partition coefficient (Wildman–Crippen LogP) is 20.4. The summed E-state index contributed by atoms with van der Waals surface area (Å²) >= 11 is 0. The Morgan fingerprint density at radius 1 is 0.380 bits per heavy atom. The zero-order chi connectivity index (χ0) is 51.4. The first kappa shape index (κ1) is 69.6. The summed E-state index contributed by atoms with van der Waals surface area (Å²) in [5, 5.41) is 23.3. The fraction of sp³-hybridized carbons (Fsp3) is 0.938. The number of amides is 1. The van der Waals surface area contributed by atoms with Gasteiger partial charge in [-0.05, 0) is 51.4 Å². The maximum absolute atomic E-state index is 12.5. The number of nitrogens with one attached hydrogen (secondary N) is 1. The van der Waals surface area contributed by atoms with Crippen molar-refractivity contribution in [3.05, 3.63) is 12.2 Å². The first-order valence-electron chi connectivity index (χ1n) is 32.4. The summed E-state index contributed by atoms with van der Waals surface area (Å²) in [5.74, 6) is -0.0213. The molecule has 0 rings (SSSR count). The second kappa shape index (κ2) is 61.1. The lowest BCUT2D eigenvalue weighted by atomic mass is 10.0. The first-order valence-corrected chi connectivity index (χ1v) is 32.4. The molecule has 0 heterocycles. The number of ether oxygens (including phenoxy) is 1. The van der Waals surface area contributed by atoms with E-state index in [2.05, 4.69) is 31.3 Å². The molecular weight excluding hydrogens is 875 g/mol. The minimum absolute atomic E-state index is 0.0149. The van der Waals surface area contributed by atoms with E-state index in [0.717, 1.165) is 38.5 Å². The highest BCUT2D eigenvalue weighted by Crippen LogP contribution is 2.18. The van der Waals surface area contributed by atoms with Gasteiger partial charge in [0, 0.05) is 12.8 Å². The van der Waals surface area contributed by atoms with E-state index in [-0.39, 0.29) is 18.5 Å². The molecule has 0 fully saturated rings. The van der Waals surface area contributed by atoms with Crippen molar-refractivity contribution in [3.63, 3.8) is 0 Å². The van der Waals surface area contributed by atoms with Crippen LogP contribution >= 0.6 is 0 Å². The number of hydrogen-bond acceptors (Lipinski definition) is 5. The maximum atomic E-state index is 12.5. The number of carbonyl (C=O) groups is 2. The van der Waals surface area contributed by atoms with E-state index < -0.39 is 12.1 Å². The highest BCUT2D eigenvalue weighted by molar-refractivity contribution is 5.76. The number of rotatable bonds is 61. The summed E-state index contributed by atoms with van der Waals surface area (Å²) in [5.41, 5.74) is 0. The maximum Gasteiger partial charge on any atom is 0.305 e. The molecule has 0 saturated heterocycles. The molecule has 0 saturated carbocycles. The van der Waals surface area contributed by atoms with Crippen LogP contribution < -0.4 is 5.32 Å². The van der Waals surface area contributed by atoms with Gasteiger partial charge < -0.3 is 20.3 Å². The second-order valence-electron chi connectivity index (χ2n) is 22.5. The summed E-state index contributed by atoms with van der Waals surface area (Å²) in [6.07, 6.45) is 73.7. The van der Waals surface area contributed by atoms with E-state index in [9.17, 15) is 19.8 Å². The Labute approximate surface area is 444 Å². The van der Waals surface area contributed by atoms with Crippen molar-refractivity contribution in [2.45, 2.75) is 379 Å². The number of unbranched alkanes of at least 4 members (excludes halogenated alkanes) is 48. The van der Waals surface area contributed by atoms with Gasteiger partial charge in [0.2, 0.25) is 5.91 Å². The Kier molecular flexibility index (Phi) is 59.9. The lowest BCUT2D eigenvalue weighted by Crippen LogP contribution is -2.45. The molecule has 0 radical (unpaired) electrons. The molecule has 422 valence electrons. The normalized spacial score (nSPS) is 12.6. The van der Waals surface area contributed by atoms with Crippen LogP contribution in [-0.4, -0.2) is 47.4 Å². The molecule has 0 aliphatic heterocycles. The minimum Gasteiger partial charge on any atom is -0.466 e. The second-order valence-corrected chi connectivity index (χ2v) is 22.5. The van der Waals surface area contributed by atoms with E-state index in [4.69, 9.17) is 4.74 Å². The van der Waals surface area contributed by atoms with Gasteiger partial charge in [-0.1, -0.05) is 315 Å². The third-order valence-corrected chi connectivity index (χ3v) is 15.3. The molecule has 2 unspecified atom stereocenters. The van der Waals surface area contributed by atoms with Crippen LogP contribution in [0.3, 0.4) is 0 Å². The fourth-order valence-electron chi connectivity index (χ4n) is 10.3. The zero-order valence-electron chi connectivity index (χ0n) is 48.2. The van der Waals surface area contributed by atoms with E-state index in [0.29, 0.717) is 25.9 Å². The first-order chi connectivity index (χ1) is 35.0. The van der Waals surface area contributed by atoms with Gasteiger partial charge in [0.15, 0.2) is 0 Å². The Bertz CT molecular complexity index is 1060. The molecule has 0 bridgehead atoms. The number of esters is 1. The van der Waals surface area contributed by atoms with Crippen LogP contribution in [0.4, 0.5) is 0 Å². The van der Waals surface area contributed by atoms with Crippen molar-refractivity contribution in [2.24, 2.45) is 0 Å². The van der Waals surface area contributed by atoms with E-state index in [1.807, 2.05) is 0 Å². The zero-order valence-corrected chi connectivity index (χ0v) is 48.2. The Hall–Kier alpha value is -1.40. The summed E-state index contributed by atoms with van der Waals surface area (Å²) in [4.78, 5) is 24.5. The smallest absolute Gasteiger partial charge is 0.305 e. The van der Waals surface area contributed by atoms with Gasteiger partial charge in [0.05, 0.1) is 25.4 Å². The molecule has 2 atom stereocenters. The van der Waals surface area contributed by atoms with Crippen LogP contribution in [0.2, 0.25) is 0 Å². The number of aliphatic hydroxyl groups is 2.